The number of unbranched alkanes of at least 4 members (excludes halogenated alkanes) is 2. The Hall–Kier alpha value is -3.02. The van der Waals surface area contributed by atoms with Crippen molar-refractivity contribution in [3.8, 4) is 0 Å². The number of aliphatic hydroxyl groups is 1. The number of rotatable bonds is 9. The van der Waals surface area contributed by atoms with Crippen LogP contribution in [-0.2, 0) is 28.7 Å². The lowest BCUT2D eigenvalue weighted by Gasteiger charge is -2.40. The van der Waals surface area contributed by atoms with Crippen molar-refractivity contribution in [2.45, 2.75) is 102 Å². The van der Waals surface area contributed by atoms with Crippen molar-refractivity contribution < 1.29 is 33.8 Å². The molecule has 4 heterocycles. The number of fused-ring (bicyclic) bond motifs is 2. The molecule has 4 aliphatic heterocycles. The summed E-state index contributed by atoms with van der Waals surface area (Å²) < 4.78 is 13.5. The predicted molar refractivity (Wildman–Crippen MR) is 180 cm³/mol. The molecule has 2 N–H and O–H groups in total. The second-order valence-corrected chi connectivity index (χ2v) is 14.2. The Morgan fingerprint density at radius 1 is 1.06 bits per heavy atom. The van der Waals surface area contributed by atoms with Gasteiger partial charge in [0, 0.05) is 24.0 Å². The second-order valence-electron chi connectivity index (χ2n) is 13.3. The van der Waals surface area contributed by atoms with Crippen LogP contribution in [0, 0.1) is 17.8 Å². The van der Waals surface area contributed by atoms with Crippen LogP contribution >= 0.6 is 15.9 Å². The van der Waals surface area contributed by atoms with Gasteiger partial charge in [-0.1, -0.05) is 98.4 Å². The van der Waals surface area contributed by atoms with Crippen molar-refractivity contribution in [2.24, 2.45) is 17.8 Å². The minimum absolute atomic E-state index is 0.122. The highest BCUT2D eigenvalue weighted by molar-refractivity contribution is 9.11. The average molecular weight is 715 g/mol. The number of hydrogen-bond acceptors (Lipinski definition) is 7. The summed E-state index contributed by atoms with van der Waals surface area (Å²) >= 11 is 3.62. The fourth-order valence-corrected chi connectivity index (χ4v) is 8.37. The summed E-state index contributed by atoms with van der Waals surface area (Å²) in [6.45, 7) is 8.27. The molecule has 1 aromatic rings. The van der Waals surface area contributed by atoms with Crippen LogP contribution < -0.4 is 5.32 Å². The number of nitrogens with one attached hydrogen (secondary N) is 1. The van der Waals surface area contributed by atoms with Gasteiger partial charge in [-0.05, 0) is 37.3 Å². The molecule has 5 bridgehead atoms. The molecule has 0 radical (unpaired) electrons. The molecule has 2 saturated heterocycles. The number of allylic oxidation sites excluding steroid dienone is 1. The van der Waals surface area contributed by atoms with E-state index in [9.17, 15) is 24.3 Å². The van der Waals surface area contributed by atoms with Crippen LogP contribution in [-0.4, -0.2) is 88.1 Å². The minimum atomic E-state index is -1.43. The van der Waals surface area contributed by atoms with E-state index in [0.717, 1.165) is 19.3 Å². The zero-order valence-corrected chi connectivity index (χ0v) is 29.4. The summed E-state index contributed by atoms with van der Waals surface area (Å²) in [4.78, 5) is 60.1. The SMILES string of the molecule is CCCCCN1C/C=C\CCC(=O)N[C@H](C)[C@@H](c2ccccc2)OC(=O)[C@@H]2[C@H]3O[C@@]4(C=C3Br)[C@H](C1=O)N([C@@H](CO)[C@@H](C)CC)C(=O)[C@@H]24. The summed E-state index contributed by atoms with van der Waals surface area (Å²) in [6, 6.07) is 6.90. The summed E-state index contributed by atoms with van der Waals surface area (Å²) in [5.41, 5.74) is -0.725. The molecule has 256 valence electrons. The molecule has 0 saturated carbocycles. The Bertz CT molecular complexity index is 1390. The van der Waals surface area contributed by atoms with Crippen molar-refractivity contribution in [3.05, 3.63) is 58.6 Å². The lowest BCUT2D eigenvalue weighted by Crippen LogP contribution is -2.59. The van der Waals surface area contributed by atoms with Crippen molar-refractivity contribution in [1.82, 2.24) is 15.1 Å². The number of likely N-dealkylation sites (tertiary alicyclic amines) is 1. The number of benzene rings is 1. The summed E-state index contributed by atoms with van der Waals surface area (Å²) in [6.07, 6.45) is 7.99. The lowest BCUT2D eigenvalue weighted by atomic mass is 9.74. The third-order valence-corrected chi connectivity index (χ3v) is 11.0. The quantitative estimate of drug-likeness (QED) is 0.221. The zero-order valence-electron chi connectivity index (χ0n) is 27.8. The van der Waals surface area contributed by atoms with Gasteiger partial charge in [0.15, 0.2) is 0 Å². The third-order valence-electron chi connectivity index (χ3n) is 10.3. The smallest absolute Gasteiger partial charge is 0.313 e. The number of halogens is 1. The average Bonchev–Trinajstić information content (AvgIpc) is 3.65. The van der Waals surface area contributed by atoms with Gasteiger partial charge in [-0.15, -0.1) is 0 Å². The molecule has 1 spiro atoms. The van der Waals surface area contributed by atoms with Crippen LogP contribution in [0.25, 0.3) is 0 Å². The van der Waals surface area contributed by atoms with Crippen LogP contribution in [0.1, 0.15) is 77.9 Å². The van der Waals surface area contributed by atoms with E-state index >= 15 is 0 Å². The van der Waals surface area contributed by atoms with Gasteiger partial charge in [0.2, 0.25) is 17.7 Å². The van der Waals surface area contributed by atoms with E-state index in [2.05, 4.69) is 28.2 Å². The molecule has 2 fully saturated rings. The van der Waals surface area contributed by atoms with Gasteiger partial charge < -0.3 is 29.7 Å². The number of carbonyl (C=O) groups is 4. The number of nitrogens with zero attached hydrogens (tertiary/aromatic N) is 2. The first-order valence-electron chi connectivity index (χ1n) is 17.1. The fraction of sp³-hybridized carbons (Fsp3) is 0.611. The normalized spacial score (nSPS) is 33.3. The molecule has 1 aromatic carbocycles. The molecule has 0 unspecified atom stereocenters. The van der Waals surface area contributed by atoms with E-state index in [1.807, 2.05) is 56.3 Å². The van der Waals surface area contributed by atoms with E-state index in [4.69, 9.17) is 9.47 Å². The maximum Gasteiger partial charge on any atom is 0.313 e. The molecule has 10 nitrogen and oxygen atoms in total. The summed E-state index contributed by atoms with van der Waals surface area (Å²) in [5.74, 6) is -3.70. The molecule has 0 aromatic heterocycles. The Balaban J connectivity index is 1.63. The second kappa shape index (κ2) is 15.0. The molecule has 4 aliphatic rings. The van der Waals surface area contributed by atoms with E-state index < -0.39 is 59.6 Å². The number of aliphatic hydroxyl groups excluding tert-OH is 1. The summed E-state index contributed by atoms with van der Waals surface area (Å²) in [7, 11) is 0. The summed E-state index contributed by atoms with van der Waals surface area (Å²) in [5, 5.41) is 13.7. The number of ether oxygens (including phenoxy) is 2. The number of carbonyl (C=O) groups excluding carboxylic acids is 4. The Morgan fingerprint density at radius 3 is 2.49 bits per heavy atom. The van der Waals surface area contributed by atoms with Gasteiger partial charge in [-0.2, -0.15) is 0 Å². The molecular weight excluding hydrogens is 666 g/mol. The Morgan fingerprint density at radius 2 is 1.81 bits per heavy atom. The van der Waals surface area contributed by atoms with Crippen LogP contribution in [0.15, 0.2) is 53.0 Å². The maximum atomic E-state index is 14.8. The Kier molecular flexibility index (Phi) is 11.3. The van der Waals surface area contributed by atoms with E-state index in [1.54, 1.807) is 17.9 Å². The van der Waals surface area contributed by atoms with E-state index in [0.29, 0.717) is 36.0 Å². The van der Waals surface area contributed by atoms with Gasteiger partial charge in [0.05, 0.1) is 24.6 Å². The minimum Gasteiger partial charge on any atom is -0.455 e. The topological polar surface area (TPSA) is 125 Å². The van der Waals surface area contributed by atoms with Crippen molar-refractivity contribution >= 4 is 39.6 Å². The Labute approximate surface area is 286 Å². The largest absolute Gasteiger partial charge is 0.455 e. The highest BCUT2D eigenvalue weighted by Gasteiger charge is 2.75. The predicted octanol–water partition coefficient (Wildman–Crippen LogP) is 4.42. The van der Waals surface area contributed by atoms with Crippen LogP contribution in [0.5, 0.6) is 0 Å². The van der Waals surface area contributed by atoms with Crippen molar-refractivity contribution in [3.63, 3.8) is 0 Å². The van der Waals surface area contributed by atoms with Crippen LogP contribution in [0.3, 0.4) is 0 Å². The highest BCUT2D eigenvalue weighted by atomic mass is 79.9. The van der Waals surface area contributed by atoms with Gasteiger partial charge in [-0.25, -0.2) is 0 Å². The molecule has 3 amide bonds. The van der Waals surface area contributed by atoms with Gasteiger partial charge in [0.1, 0.15) is 29.8 Å². The molecule has 11 heteroatoms. The number of amides is 3. The standard InChI is InChI=1S/C36H48BrN3O7/c1-5-7-13-18-39-19-14-9-12-17-27(42)38-23(4)30(24-15-10-8-11-16-24)46-35(45)28-29-33(43)40(26(21-41)22(3)6-2)32(34(39)44)36(29)20-25(37)31(28)47-36/h8-11,14-16,20,22-23,26,28-32,41H,5-7,12-13,17-19,21H2,1-4H3,(H,38,42)/b14-9-/t22-,23+,26-,28-,29+,30-,31-,32-,36+/m0/s1. The lowest BCUT2D eigenvalue weighted by molar-refractivity contribution is -0.162. The van der Waals surface area contributed by atoms with Gasteiger partial charge in [-0.3, -0.25) is 19.2 Å². The molecule has 0 aliphatic carbocycles. The van der Waals surface area contributed by atoms with Crippen LogP contribution in [0.4, 0.5) is 0 Å². The number of esters is 1. The van der Waals surface area contributed by atoms with E-state index in [-0.39, 0.29) is 30.8 Å². The number of hydrogen-bond donors (Lipinski definition) is 2. The fourth-order valence-electron chi connectivity index (χ4n) is 7.64. The highest BCUT2D eigenvalue weighted by Crippen LogP contribution is 2.59. The van der Waals surface area contributed by atoms with Crippen molar-refractivity contribution in [2.75, 3.05) is 19.7 Å². The first-order chi connectivity index (χ1) is 22.6. The zero-order chi connectivity index (χ0) is 33.9. The molecular formula is C36H48BrN3O7. The van der Waals surface area contributed by atoms with E-state index in [1.165, 1.54) is 4.90 Å². The van der Waals surface area contributed by atoms with Gasteiger partial charge >= 0.3 is 5.97 Å². The van der Waals surface area contributed by atoms with Crippen molar-refractivity contribution in [1.29, 1.82) is 0 Å². The molecule has 5 rings (SSSR count). The molecule has 9 atom stereocenters. The number of cyclic esters (lactones) is 1. The monoisotopic (exact) mass is 713 g/mol. The van der Waals surface area contributed by atoms with Gasteiger partial charge in [0.25, 0.3) is 0 Å². The first-order valence-corrected chi connectivity index (χ1v) is 17.9. The maximum absolute atomic E-state index is 14.8. The van der Waals surface area contributed by atoms with Crippen LogP contribution in [0.2, 0.25) is 0 Å². The third kappa shape index (κ3) is 6.68. The first kappa shape index (κ1) is 35.3. The molecule has 47 heavy (non-hydrogen) atoms.